The van der Waals surface area contributed by atoms with Gasteiger partial charge in [-0.05, 0) is 18.1 Å². The summed E-state index contributed by atoms with van der Waals surface area (Å²) in [4.78, 5) is 13.9. The van der Waals surface area contributed by atoms with Crippen LogP contribution in [0.15, 0.2) is 35.1 Å². The zero-order chi connectivity index (χ0) is 11.7. The third kappa shape index (κ3) is 1.80. The SMILES string of the molecule is O=C1c2ccccc2CCN1Cc1nnco1. The van der Waals surface area contributed by atoms with Crippen molar-refractivity contribution in [3.05, 3.63) is 47.7 Å². The van der Waals surface area contributed by atoms with Crippen molar-refractivity contribution in [1.82, 2.24) is 15.1 Å². The number of carbonyl (C=O) groups excluding carboxylic acids is 1. The maximum atomic E-state index is 12.2. The molecule has 2 aromatic rings. The minimum Gasteiger partial charge on any atom is -0.426 e. The Morgan fingerprint density at radius 3 is 3.06 bits per heavy atom. The first-order valence-electron chi connectivity index (χ1n) is 5.47. The number of benzene rings is 1. The second-order valence-corrected chi connectivity index (χ2v) is 3.97. The van der Waals surface area contributed by atoms with Crippen molar-refractivity contribution in [3.8, 4) is 0 Å². The fraction of sp³-hybridized carbons (Fsp3) is 0.250. The van der Waals surface area contributed by atoms with Crippen LogP contribution >= 0.6 is 0 Å². The number of hydrogen-bond acceptors (Lipinski definition) is 4. The topological polar surface area (TPSA) is 59.2 Å². The van der Waals surface area contributed by atoms with Crippen LogP contribution in [0.3, 0.4) is 0 Å². The molecule has 0 spiro atoms. The quantitative estimate of drug-likeness (QED) is 0.778. The van der Waals surface area contributed by atoms with E-state index < -0.39 is 0 Å². The van der Waals surface area contributed by atoms with Gasteiger partial charge in [0.2, 0.25) is 12.3 Å². The fourth-order valence-corrected chi connectivity index (χ4v) is 2.05. The van der Waals surface area contributed by atoms with E-state index in [0.29, 0.717) is 19.0 Å². The summed E-state index contributed by atoms with van der Waals surface area (Å²) in [5.41, 5.74) is 1.89. The van der Waals surface area contributed by atoms with E-state index in [9.17, 15) is 4.79 Å². The number of fused-ring (bicyclic) bond motifs is 1. The first-order chi connectivity index (χ1) is 8.34. The Labute approximate surface area is 98.1 Å². The van der Waals surface area contributed by atoms with Crippen LogP contribution in [-0.4, -0.2) is 27.5 Å². The largest absolute Gasteiger partial charge is 0.426 e. The van der Waals surface area contributed by atoms with Gasteiger partial charge < -0.3 is 9.32 Å². The Bertz CT molecular complexity index is 536. The highest BCUT2D eigenvalue weighted by Gasteiger charge is 2.24. The summed E-state index contributed by atoms with van der Waals surface area (Å²) < 4.78 is 5.06. The highest BCUT2D eigenvalue weighted by atomic mass is 16.4. The molecule has 0 aliphatic carbocycles. The molecule has 1 aromatic carbocycles. The molecule has 1 aliphatic rings. The molecule has 0 bridgehead atoms. The van der Waals surface area contributed by atoms with Gasteiger partial charge in [0, 0.05) is 12.1 Å². The van der Waals surface area contributed by atoms with Gasteiger partial charge in [0.1, 0.15) is 0 Å². The van der Waals surface area contributed by atoms with Gasteiger partial charge in [-0.2, -0.15) is 0 Å². The van der Waals surface area contributed by atoms with Crippen molar-refractivity contribution in [2.24, 2.45) is 0 Å². The average molecular weight is 229 g/mol. The predicted octanol–water partition coefficient (Wildman–Crippen LogP) is 1.27. The number of aromatic nitrogens is 2. The molecule has 5 nitrogen and oxygen atoms in total. The summed E-state index contributed by atoms with van der Waals surface area (Å²) >= 11 is 0. The van der Waals surface area contributed by atoms with Gasteiger partial charge in [0.05, 0.1) is 6.54 Å². The lowest BCUT2D eigenvalue weighted by Crippen LogP contribution is -2.37. The van der Waals surface area contributed by atoms with Gasteiger partial charge in [0.15, 0.2) is 0 Å². The Kier molecular flexibility index (Phi) is 2.36. The minimum atomic E-state index is 0.0325. The minimum absolute atomic E-state index is 0.0325. The lowest BCUT2D eigenvalue weighted by Gasteiger charge is -2.27. The van der Waals surface area contributed by atoms with Crippen LogP contribution in [-0.2, 0) is 13.0 Å². The maximum Gasteiger partial charge on any atom is 0.254 e. The summed E-state index contributed by atoms with van der Waals surface area (Å²) in [5, 5.41) is 7.39. The van der Waals surface area contributed by atoms with Crippen LogP contribution in [0.25, 0.3) is 0 Å². The first-order valence-corrected chi connectivity index (χ1v) is 5.47. The summed E-state index contributed by atoms with van der Waals surface area (Å²) in [6.07, 6.45) is 2.15. The molecule has 1 amide bonds. The maximum absolute atomic E-state index is 12.2. The third-order valence-electron chi connectivity index (χ3n) is 2.92. The molecule has 3 rings (SSSR count). The van der Waals surface area contributed by atoms with Crippen LogP contribution in [0.4, 0.5) is 0 Å². The van der Waals surface area contributed by atoms with Crippen LogP contribution in [0.1, 0.15) is 21.8 Å². The summed E-state index contributed by atoms with van der Waals surface area (Å²) in [6.45, 7) is 1.07. The second-order valence-electron chi connectivity index (χ2n) is 3.97. The lowest BCUT2D eigenvalue weighted by molar-refractivity contribution is 0.0711. The molecule has 1 aliphatic heterocycles. The van der Waals surface area contributed by atoms with Gasteiger partial charge in [0.25, 0.3) is 5.91 Å². The molecule has 5 heteroatoms. The summed E-state index contributed by atoms with van der Waals surface area (Å²) in [7, 11) is 0. The van der Waals surface area contributed by atoms with Crippen molar-refractivity contribution in [2.75, 3.05) is 6.54 Å². The molecule has 86 valence electrons. The van der Waals surface area contributed by atoms with Crippen molar-refractivity contribution in [3.63, 3.8) is 0 Å². The number of amides is 1. The molecule has 2 heterocycles. The van der Waals surface area contributed by atoms with E-state index in [1.807, 2.05) is 24.3 Å². The van der Waals surface area contributed by atoms with Crippen LogP contribution in [0.5, 0.6) is 0 Å². The van der Waals surface area contributed by atoms with Crippen molar-refractivity contribution >= 4 is 5.91 Å². The van der Waals surface area contributed by atoms with Gasteiger partial charge in [-0.25, -0.2) is 0 Å². The Morgan fingerprint density at radius 2 is 2.24 bits per heavy atom. The molecule has 0 saturated carbocycles. The summed E-state index contributed by atoms with van der Waals surface area (Å²) in [5.74, 6) is 0.503. The van der Waals surface area contributed by atoms with Gasteiger partial charge >= 0.3 is 0 Å². The zero-order valence-corrected chi connectivity index (χ0v) is 9.17. The van der Waals surface area contributed by atoms with E-state index in [1.54, 1.807) is 4.90 Å². The number of hydrogen-bond donors (Lipinski definition) is 0. The molecule has 0 N–H and O–H groups in total. The van der Waals surface area contributed by atoms with Gasteiger partial charge in [-0.1, -0.05) is 18.2 Å². The standard InChI is InChI=1S/C12H11N3O2/c16-12-10-4-2-1-3-9(10)5-6-15(12)7-11-14-13-8-17-11/h1-4,8H,5-7H2. The van der Waals surface area contributed by atoms with Gasteiger partial charge in [-0.15, -0.1) is 10.2 Å². The second kappa shape index (κ2) is 4.01. The Morgan fingerprint density at radius 1 is 1.35 bits per heavy atom. The smallest absolute Gasteiger partial charge is 0.254 e. The number of rotatable bonds is 2. The molecule has 0 saturated heterocycles. The monoisotopic (exact) mass is 229 g/mol. The first kappa shape index (κ1) is 10.0. The molecular formula is C12H11N3O2. The fourth-order valence-electron chi connectivity index (χ4n) is 2.05. The zero-order valence-electron chi connectivity index (χ0n) is 9.17. The van der Waals surface area contributed by atoms with E-state index in [-0.39, 0.29) is 5.91 Å². The highest BCUT2D eigenvalue weighted by molar-refractivity contribution is 5.96. The highest BCUT2D eigenvalue weighted by Crippen LogP contribution is 2.19. The Hall–Kier alpha value is -2.17. The van der Waals surface area contributed by atoms with E-state index >= 15 is 0 Å². The van der Waals surface area contributed by atoms with Crippen LogP contribution in [0.2, 0.25) is 0 Å². The van der Waals surface area contributed by atoms with E-state index in [0.717, 1.165) is 17.5 Å². The van der Waals surface area contributed by atoms with Gasteiger partial charge in [-0.3, -0.25) is 4.79 Å². The molecule has 1 aromatic heterocycles. The van der Waals surface area contributed by atoms with Crippen LogP contribution < -0.4 is 0 Å². The van der Waals surface area contributed by atoms with Crippen molar-refractivity contribution < 1.29 is 9.21 Å². The number of nitrogens with zero attached hydrogens (tertiary/aromatic N) is 3. The predicted molar refractivity (Wildman–Crippen MR) is 59.2 cm³/mol. The van der Waals surface area contributed by atoms with Crippen LogP contribution in [0, 0.1) is 0 Å². The van der Waals surface area contributed by atoms with Crippen molar-refractivity contribution in [1.29, 1.82) is 0 Å². The van der Waals surface area contributed by atoms with E-state index in [2.05, 4.69) is 10.2 Å². The van der Waals surface area contributed by atoms with Crippen molar-refractivity contribution in [2.45, 2.75) is 13.0 Å². The summed E-state index contributed by atoms with van der Waals surface area (Å²) in [6, 6.07) is 7.70. The molecule has 0 fully saturated rings. The molecule has 17 heavy (non-hydrogen) atoms. The molecular weight excluding hydrogens is 218 g/mol. The Balaban J connectivity index is 1.84. The average Bonchev–Trinajstić information content (AvgIpc) is 2.86. The lowest BCUT2D eigenvalue weighted by atomic mass is 9.99. The molecule has 0 radical (unpaired) electrons. The molecule has 0 unspecified atom stereocenters. The normalized spacial score (nSPS) is 14.8. The van der Waals surface area contributed by atoms with E-state index in [1.165, 1.54) is 6.39 Å². The number of carbonyl (C=O) groups is 1. The molecule has 0 atom stereocenters. The van der Waals surface area contributed by atoms with E-state index in [4.69, 9.17) is 4.42 Å². The third-order valence-corrected chi connectivity index (χ3v) is 2.92.